The number of carbonyl (C=O) groups is 1. The first-order chi connectivity index (χ1) is 15.5. The van der Waals surface area contributed by atoms with E-state index in [9.17, 15) is 9.18 Å². The number of hydrogen-bond donors (Lipinski definition) is 1. The van der Waals surface area contributed by atoms with E-state index in [1.54, 1.807) is 60.7 Å². The minimum Gasteiger partial charge on any atom is -0.495 e. The van der Waals surface area contributed by atoms with Gasteiger partial charge >= 0.3 is 0 Å². The first kappa shape index (κ1) is 21.3. The summed E-state index contributed by atoms with van der Waals surface area (Å²) in [4.78, 5) is 21.2. The van der Waals surface area contributed by atoms with Gasteiger partial charge in [-0.3, -0.25) is 4.79 Å². The van der Waals surface area contributed by atoms with Crippen molar-refractivity contribution in [1.29, 1.82) is 0 Å². The fourth-order valence-corrected chi connectivity index (χ4v) is 3.13. The Morgan fingerprint density at radius 3 is 2.69 bits per heavy atom. The van der Waals surface area contributed by atoms with E-state index in [0.29, 0.717) is 39.2 Å². The monoisotopic (exact) mass is 449 g/mol. The van der Waals surface area contributed by atoms with Crippen molar-refractivity contribution in [3.05, 3.63) is 95.4 Å². The second-order valence-electron chi connectivity index (χ2n) is 6.66. The van der Waals surface area contributed by atoms with Crippen molar-refractivity contribution in [2.24, 2.45) is 0 Å². The highest BCUT2D eigenvalue weighted by atomic mass is 35.5. The third kappa shape index (κ3) is 5.01. The molecular formula is C24H17ClFN3O3. The molecule has 1 amide bonds. The van der Waals surface area contributed by atoms with Crippen LogP contribution in [-0.2, 0) is 0 Å². The summed E-state index contributed by atoms with van der Waals surface area (Å²) in [6.45, 7) is 0. The number of halogens is 2. The number of amides is 1. The minimum atomic E-state index is -0.382. The second kappa shape index (κ2) is 9.45. The lowest BCUT2D eigenvalue weighted by Gasteiger charge is -2.11. The number of ether oxygens (including phenoxy) is 2. The summed E-state index contributed by atoms with van der Waals surface area (Å²) in [7, 11) is 1.51. The molecule has 0 unspecified atom stereocenters. The van der Waals surface area contributed by atoms with Gasteiger partial charge in [0.05, 0.1) is 12.8 Å². The molecule has 1 heterocycles. The molecule has 0 atom stereocenters. The molecule has 4 aromatic rings. The average molecular weight is 450 g/mol. The molecule has 0 saturated heterocycles. The lowest BCUT2D eigenvalue weighted by atomic mass is 10.2. The number of aromatic nitrogens is 2. The molecule has 6 nitrogen and oxygen atoms in total. The molecule has 0 radical (unpaired) electrons. The van der Waals surface area contributed by atoms with Crippen LogP contribution in [0.2, 0.25) is 5.02 Å². The van der Waals surface area contributed by atoms with Crippen LogP contribution in [0.4, 0.5) is 10.1 Å². The molecule has 1 aromatic heterocycles. The molecule has 8 heteroatoms. The van der Waals surface area contributed by atoms with Crippen molar-refractivity contribution in [1.82, 2.24) is 9.97 Å². The first-order valence-electron chi connectivity index (χ1n) is 9.53. The molecule has 0 aliphatic carbocycles. The van der Waals surface area contributed by atoms with Gasteiger partial charge in [-0.2, -0.15) is 4.98 Å². The van der Waals surface area contributed by atoms with Crippen LogP contribution in [0.15, 0.2) is 79.0 Å². The zero-order chi connectivity index (χ0) is 22.5. The Bertz CT molecular complexity index is 1280. The van der Waals surface area contributed by atoms with E-state index in [0.717, 1.165) is 0 Å². The first-order valence-corrected chi connectivity index (χ1v) is 9.91. The van der Waals surface area contributed by atoms with Crippen molar-refractivity contribution < 1.29 is 18.7 Å². The maximum atomic E-state index is 13.5. The SMILES string of the molecule is COc1ccc(Cl)cc1NC(=O)c1cccc(Oc2ccnc(-c3cccc(F)c3)n2)c1. The van der Waals surface area contributed by atoms with Crippen molar-refractivity contribution in [2.45, 2.75) is 0 Å². The summed E-state index contributed by atoms with van der Waals surface area (Å²) in [5.74, 6) is 0.726. The van der Waals surface area contributed by atoms with E-state index >= 15 is 0 Å². The summed E-state index contributed by atoms with van der Waals surface area (Å²) in [6.07, 6.45) is 1.52. The van der Waals surface area contributed by atoms with Crippen LogP contribution in [0.25, 0.3) is 11.4 Å². The van der Waals surface area contributed by atoms with Crippen LogP contribution in [0.1, 0.15) is 10.4 Å². The molecule has 32 heavy (non-hydrogen) atoms. The molecule has 0 spiro atoms. The zero-order valence-corrected chi connectivity index (χ0v) is 17.6. The van der Waals surface area contributed by atoms with Crippen LogP contribution in [0.3, 0.4) is 0 Å². The normalized spacial score (nSPS) is 10.5. The number of carbonyl (C=O) groups excluding carboxylic acids is 1. The van der Waals surface area contributed by atoms with Gasteiger partial charge in [0.1, 0.15) is 17.3 Å². The fraction of sp³-hybridized carbons (Fsp3) is 0.0417. The lowest BCUT2D eigenvalue weighted by molar-refractivity contribution is 0.102. The number of nitrogens with zero attached hydrogens (tertiary/aromatic N) is 2. The molecular weight excluding hydrogens is 433 g/mol. The molecule has 1 N–H and O–H groups in total. The van der Waals surface area contributed by atoms with Crippen LogP contribution in [-0.4, -0.2) is 23.0 Å². The average Bonchev–Trinajstić information content (AvgIpc) is 2.80. The Hall–Kier alpha value is -3.97. The molecule has 0 saturated carbocycles. The molecule has 0 fully saturated rings. The largest absolute Gasteiger partial charge is 0.495 e. The number of nitrogens with one attached hydrogen (secondary N) is 1. The highest BCUT2D eigenvalue weighted by molar-refractivity contribution is 6.31. The Balaban J connectivity index is 1.53. The third-order valence-corrected chi connectivity index (χ3v) is 4.68. The van der Waals surface area contributed by atoms with Crippen LogP contribution >= 0.6 is 11.6 Å². The quantitative estimate of drug-likeness (QED) is 0.391. The van der Waals surface area contributed by atoms with Crippen molar-refractivity contribution >= 4 is 23.2 Å². The summed E-state index contributed by atoms with van der Waals surface area (Å²) in [6, 6.07) is 19.1. The Morgan fingerprint density at radius 1 is 1.03 bits per heavy atom. The summed E-state index contributed by atoms with van der Waals surface area (Å²) in [5, 5.41) is 3.25. The summed E-state index contributed by atoms with van der Waals surface area (Å²) >= 11 is 6.02. The molecule has 0 bridgehead atoms. The van der Waals surface area contributed by atoms with Gasteiger partial charge in [0.25, 0.3) is 5.91 Å². The van der Waals surface area contributed by atoms with Gasteiger partial charge in [-0.1, -0.05) is 29.8 Å². The minimum absolute atomic E-state index is 0.258. The molecule has 0 aliphatic heterocycles. The Labute approximate surface area is 188 Å². The van der Waals surface area contributed by atoms with Crippen LogP contribution in [0, 0.1) is 5.82 Å². The lowest BCUT2D eigenvalue weighted by Crippen LogP contribution is -2.12. The predicted molar refractivity (Wildman–Crippen MR) is 120 cm³/mol. The fourth-order valence-electron chi connectivity index (χ4n) is 2.96. The standard InChI is InChI=1S/C24H17ClFN3O3/c1-31-21-9-8-17(25)14-20(21)28-24(30)16-5-3-7-19(13-16)32-22-10-11-27-23(29-22)15-4-2-6-18(26)12-15/h2-14H,1H3,(H,28,30). The third-order valence-electron chi connectivity index (χ3n) is 4.44. The smallest absolute Gasteiger partial charge is 0.255 e. The van der Waals surface area contributed by atoms with Gasteiger partial charge in [-0.25, -0.2) is 9.37 Å². The molecule has 0 aliphatic rings. The highest BCUT2D eigenvalue weighted by Crippen LogP contribution is 2.29. The number of methoxy groups -OCH3 is 1. The van der Waals surface area contributed by atoms with Crippen LogP contribution in [0.5, 0.6) is 17.4 Å². The summed E-state index contributed by atoms with van der Waals surface area (Å²) < 4.78 is 24.6. The van der Waals surface area contributed by atoms with E-state index in [1.165, 1.54) is 25.4 Å². The number of rotatable bonds is 6. The van der Waals surface area contributed by atoms with Crippen molar-refractivity contribution in [3.63, 3.8) is 0 Å². The molecule has 4 rings (SSSR count). The van der Waals surface area contributed by atoms with Crippen molar-refractivity contribution in [2.75, 3.05) is 12.4 Å². The van der Waals surface area contributed by atoms with Gasteiger partial charge in [-0.05, 0) is 48.5 Å². The van der Waals surface area contributed by atoms with Gasteiger partial charge in [0, 0.05) is 28.4 Å². The van der Waals surface area contributed by atoms with E-state index < -0.39 is 0 Å². The predicted octanol–water partition coefficient (Wildman–Crippen LogP) is 5.99. The van der Waals surface area contributed by atoms with E-state index in [2.05, 4.69) is 15.3 Å². The number of hydrogen-bond acceptors (Lipinski definition) is 5. The second-order valence-corrected chi connectivity index (χ2v) is 7.09. The van der Waals surface area contributed by atoms with E-state index in [-0.39, 0.29) is 17.6 Å². The number of anilines is 1. The van der Waals surface area contributed by atoms with Gasteiger partial charge in [0.15, 0.2) is 5.82 Å². The van der Waals surface area contributed by atoms with Gasteiger partial charge in [-0.15, -0.1) is 0 Å². The Kier molecular flexibility index (Phi) is 6.28. The molecule has 3 aromatic carbocycles. The van der Waals surface area contributed by atoms with Gasteiger partial charge in [0.2, 0.25) is 5.88 Å². The highest BCUT2D eigenvalue weighted by Gasteiger charge is 2.12. The summed E-state index contributed by atoms with van der Waals surface area (Å²) in [5.41, 5.74) is 1.34. The maximum Gasteiger partial charge on any atom is 0.255 e. The number of benzene rings is 3. The van der Waals surface area contributed by atoms with Crippen molar-refractivity contribution in [3.8, 4) is 28.8 Å². The van der Waals surface area contributed by atoms with E-state index in [4.69, 9.17) is 21.1 Å². The van der Waals surface area contributed by atoms with Crippen LogP contribution < -0.4 is 14.8 Å². The van der Waals surface area contributed by atoms with E-state index in [1.807, 2.05) is 0 Å². The maximum absolute atomic E-state index is 13.5. The zero-order valence-electron chi connectivity index (χ0n) is 16.9. The van der Waals surface area contributed by atoms with Gasteiger partial charge < -0.3 is 14.8 Å². The molecule has 160 valence electrons. The Morgan fingerprint density at radius 2 is 1.88 bits per heavy atom. The topological polar surface area (TPSA) is 73.3 Å².